The third-order valence-corrected chi connectivity index (χ3v) is 3.60. The zero-order chi connectivity index (χ0) is 10.4. The third kappa shape index (κ3) is 2.96. The molecular formula is C12H26N2. The summed E-state index contributed by atoms with van der Waals surface area (Å²) in [6.45, 7) is 7.91. The molecule has 1 unspecified atom stereocenters. The van der Waals surface area contributed by atoms with E-state index in [9.17, 15) is 0 Å². The largest absolute Gasteiger partial charge is 0.329 e. The quantitative estimate of drug-likeness (QED) is 0.751. The summed E-state index contributed by atoms with van der Waals surface area (Å²) in [5.41, 5.74) is 6.20. The first kappa shape index (κ1) is 12.0. The maximum absolute atomic E-state index is 5.93. The van der Waals surface area contributed by atoms with Crippen LogP contribution in [0.3, 0.4) is 0 Å². The van der Waals surface area contributed by atoms with Crippen LogP contribution in [0.1, 0.15) is 52.4 Å². The predicted octanol–water partition coefficient (Wildman–Crippen LogP) is 2.38. The van der Waals surface area contributed by atoms with E-state index in [1.165, 1.54) is 51.6 Å². The van der Waals surface area contributed by atoms with Gasteiger partial charge in [0.2, 0.25) is 0 Å². The molecule has 0 aromatic heterocycles. The Bertz CT molecular complexity index is 150. The third-order valence-electron chi connectivity index (χ3n) is 3.60. The lowest BCUT2D eigenvalue weighted by atomic mass is 9.93. The Hall–Kier alpha value is -0.0800. The second-order valence-corrected chi connectivity index (χ2v) is 4.85. The zero-order valence-corrected chi connectivity index (χ0v) is 9.89. The maximum Gasteiger partial charge on any atom is 0.0303 e. The fraction of sp³-hybridized carbons (Fsp3) is 1.00. The van der Waals surface area contributed by atoms with E-state index in [-0.39, 0.29) is 5.54 Å². The molecule has 1 rings (SSSR count). The summed E-state index contributed by atoms with van der Waals surface area (Å²) >= 11 is 0. The van der Waals surface area contributed by atoms with Gasteiger partial charge in [-0.05, 0) is 39.3 Å². The Balaban J connectivity index is 2.56. The van der Waals surface area contributed by atoms with Gasteiger partial charge in [-0.15, -0.1) is 0 Å². The van der Waals surface area contributed by atoms with E-state index < -0.39 is 0 Å². The van der Waals surface area contributed by atoms with Gasteiger partial charge in [-0.2, -0.15) is 0 Å². The standard InChI is InChI=1S/C12H26N2/c1-3-8-12(2,11-13)14-9-6-4-5-7-10-14/h3-11,13H2,1-2H3. The van der Waals surface area contributed by atoms with Crippen LogP contribution in [-0.2, 0) is 0 Å². The summed E-state index contributed by atoms with van der Waals surface area (Å²) in [6, 6.07) is 0. The molecule has 1 fully saturated rings. The molecule has 2 heteroatoms. The van der Waals surface area contributed by atoms with Crippen molar-refractivity contribution in [2.75, 3.05) is 19.6 Å². The van der Waals surface area contributed by atoms with E-state index in [4.69, 9.17) is 5.73 Å². The molecule has 1 saturated heterocycles. The SMILES string of the molecule is CCCC(C)(CN)N1CCCCCC1. The molecule has 2 nitrogen and oxygen atoms in total. The number of rotatable bonds is 4. The summed E-state index contributed by atoms with van der Waals surface area (Å²) in [5.74, 6) is 0. The van der Waals surface area contributed by atoms with Crippen molar-refractivity contribution in [2.45, 2.75) is 57.9 Å². The highest BCUT2D eigenvalue weighted by Gasteiger charge is 2.29. The average molecular weight is 198 g/mol. The molecule has 0 amide bonds. The second kappa shape index (κ2) is 5.72. The Kier molecular flexibility index (Phi) is 4.90. The molecule has 0 aliphatic carbocycles. The minimum absolute atomic E-state index is 0.263. The molecule has 0 aromatic rings. The molecule has 1 aliphatic rings. The molecule has 0 radical (unpaired) electrons. The lowest BCUT2D eigenvalue weighted by molar-refractivity contribution is 0.105. The van der Waals surface area contributed by atoms with Gasteiger partial charge in [0.25, 0.3) is 0 Å². The van der Waals surface area contributed by atoms with Gasteiger partial charge in [-0.25, -0.2) is 0 Å². The lowest BCUT2D eigenvalue weighted by Gasteiger charge is -2.40. The summed E-state index contributed by atoms with van der Waals surface area (Å²) in [7, 11) is 0. The van der Waals surface area contributed by atoms with Crippen LogP contribution in [0.15, 0.2) is 0 Å². The first-order chi connectivity index (χ1) is 6.73. The molecule has 1 aliphatic heterocycles. The number of nitrogens with two attached hydrogens (primary N) is 1. The van der Waals surface area contributed by atoms with Crippen LogP contribution in [-0.4, -0.2) is 30.1 Å². The van der Waals surface area contributed by atoms with Gasteiger partial charge in [0.05, 0.1) is 0 Å². The van der Waals surface area contributed by atoms with E-state index >= 15 is 0 Å². The van der Waals surface area contributed by atoms with Crippen molar-refractivity contribution in [1.29, 1.82) is 0 Å². The average Bonchev–Trinajstić information content (AvgIpc) is 2.46. The van der Waals surface area contributed by atoms with Gasteiger partial charge in [-0.1, -0.05) is 26.2 Å². The van der Waals surface area contributed by atoms with Crippen molar-refractivity contribution in [3.8, 4) is 0 Å². The second-order valence-electron chi connectivity index (χ2n) is 4.85. The number of likely N-dealkylation sites (tertiary alicyclic amines) is 1. The first-order valence-electron chi connectivity index (χ1n) is 6.18. The van der Waals surface area contributed by atoms with Crippen LogP contribution < -0.4 is 5.73 Å². The van der Waals surface area contributed by atoms with Crippen molar-refractivity contribution in [3.05, 3.63) is 0 Å². The monoisotopic (exact) mass is 198 g/mol. The molecular weight excluding hydrogens is 172 g/mol. The molecule has 84 valence electrons. The normalized spacial score (nSPS) is 24.2. The molecule has 0 bridgehead atoms. The van der Waals surface area contributed by atoms with E-state index in [2.05, 4.69) is 18.7 Å². The Morgan fingerprint density at radius 3 is 2.14 bits per heavy atom. The van der Waals surface area contributed by atoms with Gasteiger partial charge in [-0.3, -0.25) is 4.90 Å². The topological polar surface area (TPSA) is 29.3 Å². The zero-order valence-electron chi connectivity index (χ0n) is 9.89. The van der Waals surface area contributed by atoms with E-state index in [0.717, 1.165) is 6.54 Å². The molecule has 1 atom stereocenters. The fourth-order valence-electron chi connectivity index (χ4n) is 2.54. The van der Waals surface area contributed by atoms with Gasteiger partial charge in [0.15, 0.2) is 0 Å². The number of hydrogen-bond acceptors (Lipinski definition) is 2. The molecule has 0 spiro atoms. The Morgan fingerprint density at radius 1 is 1.14 bits per heavy atom. The summed E-state index contributed by atoms with van der Waals surface area (Å²) < 4.78 is 0. The minimum Gasteiger partial charge on any atom is -0.329 e. The van der Waals surface area contributed by atoms with Crippen molar-refractivity contribution >= 4 is 0 Å². The van der Waals surface area contributed by atoms with Crippen molar-refractivity contribution in [2.24, 2.45) is 5.73 Å². The first-order valence-corrected chi connectivity index (χ1v) is 6.18. The molecule has 0 aromatic carbocycles. The highest BCUT2D eigenvalue weighted by Crippen LogP contribution is 2.23. The molecule has 14 heavy (non-hydrogen) atoms. The van der Waals surface area contributed by atoms with Gasteiger partial charge in [0.1, 0.15) is 0 Å². The van der Waals surface area contributed by atoms with Crippen LogP contribution in [0.2, 0.25) is 0 Å². The van der Waals surface area contributed by atoms with E-state index in [0.29, 0.717) is 0 Å². The van der Waals surface area contributed by atoms with Gasteiger partial charge >= 0.3 is 0 Å². The van der Waals surface area contributed by atoms with Crippen LogP contribution in [0.25, 0.3) is 0 Å². The van der Waals surface area contributed by atoms with Crippen LogP contribution in [0.4, 0.5) is 0 Å². The van der Waals surface area contributed by atoms with Crippen molar-refractivity contribution in [1.82, 2.24) is 4.90 Å². The van der Waals surface area contributed by atoms with Gasteiger partial charge < -0.3 is 5.73 Å². The Labute approximate surface area is 88.8 Å². The molecule has 0 saturated carbocycles. The Morgan fingerprint density at radius 2 is 1.71 bits per heavy atom. The lowest BCUT2D eigenvalue weighted by Crippen LogP contribution is -2.51. The minimum atomic E-state index is 0.263. The molecule has 1 heterocycles. The maximum atomic E-state index is 5.93. The summed E-state index contributed by atoms with van der Waals surface area (Å²) in [4.78, 5) is 2.63. The van der Waals surface area contributed by atoms with Crippen LogP contribution >= 0.6 is 0 Å². The van der Waals surface area contributed by atoms with E-state index in [1.807, 2.05) is 0 Å². The van der Waals surface area contributed by atoms with Gasteiger partial charge in [0, 0.05) is 12.1 Å². The number of nitrogens with zero attached hydrogens (tertiary/aromatic N) is 1. The number of hydrogen-bond donors (Lipinski definition) is 1. The fourth-order valence-corrected chi connectivity index (χ4v) is 2.54. The summed E-state index contributed by atoms with van der Waals surface area (Å²) in [6.07, 6.45) is 8.01. The van der Waals surface area contributed by atoms with Crippen LogP contribution in [0.5, 0.6) is 0 Å². The highest BCUT2D eigenvalue weighted by molar-refractivity contribution is 4.87. The smallest absolute Gasteiger partial charge is 0.0303 e. The van der Waals surface area contributed by atoms with E-state index in [1.54, 1.807) is 0 Å². The summed E-state index contributed by atoms with van der Waals surface area (Å²) in [5, 5.41) is 0. The highest BCUT2D eigenvalue weighted by atomic mass is 15.2. The van der Waals surface area contributed by atoms with Crippen LogP contribution in [0, 0.1) is 0 Å². The molecule has 2 N–H and O–H groups in total. The van der Waals surface area contributed by atoms with Crippen molar-refractivity contribution in [3.63, 3.8) is 0 Å². The van der Waals surface area contributed by atoms with Crippen molar-refractivity contribution < 1.29 is 0 Å². The predicted molar refractivity (Wildman–Crippen MR) is 62.4 cm³/mol.